The lowest BCUT2D eigenvalue weighted by Crippen LogP contribution is -2.14. The summed E-state index contributed by atoms with van der Waals surface area (Å²) < 4.78 is 5.80. The molecule has 0 radical (unpaired) electrons. The van der Waals surface area contributed by atoms with Crippen molar-refractivity contribution in [2.24, 2.45) is 5.92 Å². The van der Waals surface area contributed by atoms with E-state index in [0.29, 0.717) is 17.5 Å². The molecule has 0 bridgehead atoms. The summed E-state index contributed by atoms with van der Waals surface area (Å²) in [5.41, 5.74) is 1.59. The van der Waals surface area contributed by atoms with Crippen molar-refractivity contribution in [2.45, 2.75) is 19.3 Å². The van der Waals surface area contributed by atoms with E-state index < -0.39 is 0 Å². The molecule has 0 saturated carbocycles. The number of anilines is 1. The number of amides is 1. The first-order valence-corrected chi connectivity index (χ1v) is 8.57. The monoisotopic (exact) mass is 324 g/mol. The second-order valence-corrected chi connectivity index (χ2v) is 6.56. The average Bonchev–Trinajstić information content (AvgIpc) is 3.26. The summed E-state index contributed by atoms with van der Waals surface area (Å²) in [7, 11) is 0. The fourth-order valence-electron chi connectivity index (χ4n) is 2.83. The topological polar surface area (TPSA) is 55.1 Å². The molecule has 1 atom stereocenters. The zero-order valence-corrected chi connectivity index (χ0v) is 13.3. The SMILES string of the molecule is O=C(C[C@@H]1C=CCC1)Nc1nc(-c2cc3ccccc3o2)cs1. The first kappa shape index (κ1) is 14.2. The highest BCUT2D eigenvalue weighted by atomic mass is 32.1. The molecule has 2 heterocycles. The number of rotatable bonds is 4. The Balaban J connectivity index is 1.47. The molecule has 1 aromatic carbocycles. The maximum absolute atomic E-state index is 12.1. The molecular formula is C18H16N2O2S. The minimum absolute atomic E-state index is 0.0204. The van der Waals surface area contributed by atoms with Crippen molar-refractivity contribution in [3.8, 4) is 11.5 Å². The van der Waals surface area contributed by atoms with E-state index in [1.807, 2.05) is 35.7 Å². The van der Waals surface area contributed by atoms with Crippen molar-refractivity contribution >= 4 is 33.3 Å². The van der Waals surface area contributed by atoms with Gasteiger partial charge in [-0.1, -0.05) is 30.4 Å². The molecule has 2 aromatic heterocycles. The number of nitrogens with zero attached hydrogens (tertiary/aromatic N) is 1. The normalized spacial score (nSPS) is 17.0. The smallest absolute Gasteiger partial charge is 0.226 e. The first-order chi connectivity index (χ1) is 11.3. The van der Waals surface area contributed by atoms with Gasteiger partial charge < -0.3 is 9.73 Å². The van der Waals surface area contributed by atoms with Crippen molar-refractivity contribution in [1.29, 1.82) is 0 Å². The number of nitrogens with one attached hydrogen (secondary N) is 1. The molecule has 1 N–H and O–H groups in total. The van der Waals surface area contributed by atoms with Gasteiger partial charge in [0, 0.05) is 17.2 Å². The van der Waals surface area contributed by atoms with Gasteiger partial charge in [-0.25, -0.2) is 4.98 Å². The fourth-order valence-corrected chi connectivity index (χ4v) is 3.54. The molecule has 0 spiro atoms. The van der Waals surface area contributed by atoms with Gasteiger partial charge in [-0.3, -0.25) is 4.79 Å². The van der Waals surface area contributed by atoms with E-state index >= 15 is 0 Å². The maximum Gasteiger partial charge on any atom is 0.226 e. The summed E-state index contributed by atoms with van der Waals surface area (Å²) >= 11 is 1.42. The van der Waals surface area contributed by atoms with Gasteiger partial charge in [-0.05, 0) is 30.9 Å². The Kier molecular flexibility index (Phi) is 3.71. The van der Waals surface area contributed by atoms with E-state index in [0.717, 1.165) is 35.3 Å². The number of hydrogen-bond donors (Lipinski definition) is 1. The maximum atomic E-state index is 12.1. The summed E-state index contributed by atoms with van der Waals surface area (Å²) in [6.07, 6.45) is 6.93. The van der Waals surface area contributed by atoms with E-state index in [2.05, 4.69) is 22.5 Å². The Morgan fingerprint density at radius 1 is 1.39 bits per heavy atom. The van der Waals surface area contributed by atoms with Crippen LogP contribution in [0.25, 0.3) is 22.4 Å². The molecule has 0 aliphatic heterocycles. The first-order valence-electron chi connectivity index (χ1n) is 7.69. The number of para-hydroxylation sites is 1. The minimum Gasteiger partial charge on any atom is -0.454 e. The van der Waals surface area contributed by atoms with E-state index in [9.17, 15) is 4.79 Å². The Labute approximate surface area is 137 Å². The molecular weight excluding hydrogens is 308 g/mol. The summed E-state index contributed by atoms with van der Waals surface area (Å²) in [4.78, 5) is 16.5. The van der Waals surface area contributed by atoms with E-state index in [1.165, 1.54) is 11.3 Å². The van der Waals surface area contributed by atoms with Gasteiger partial charge in [-0.2, -0.15) is 0 Å². The Morgan fingerprint density at radius 3 is 3.13 bits per heavy atom. The van der Waals surface area contributed by atoms with Crippen LogP contribution < -0.4 is 5.32 Å². The minimum atomic E-state index is 0.0204. The number of thiazole rings is 1. The van der Waals surface area contributed by atoms with Crippen molar-refractivity contribution in [3.63, 3.8) is 0 Å². The van der Waals surface area contributed by atoms with Crippen LogP contribution in [0.1, 0.15) is 19.3 Å². The van der Waals surface area contributed by atoms with Gasteiger partial charge >= 0.3 is 0 Å². The van der Waals surface area contributed by atoms with Gasteiger partial charge in [0.15, 0.2) is 10.9 Å². The standard InChI is InChI=1S/C18H16N2O2S/c21-17(9-12-5-1-2-6-12)20-18-19-14(11-23-18)16-10-13-7-3-4-8-15(13)22-16/h1,3-5,7-8,10-12H,2,6,9H2,(H,19,20,21)/t12-/m1/s1. The van der Waals surface area contributed by atoms with Gasteiger partial charge in [0.2, 0.25) is 5.91 Å². The van der Waals surface area contributed by atoms with Crippen molar-refractivity contribution in [1.82, 2.24) is 4.98 Å². The fraction of sp³-hybridized carbons (Fsp3) is 0.222. The zero-order chi connectivity index (χ0) is 15.6. The van der Waals surface area contributed by atoms with Gasteiger partial charge in [-0.15, -0.1) is 11.3 Å². The van der Waals surface area contributed by atoms with E-state index in [-0.39, 0.29) is 5.91 Å². The Bertz CT molecular complexity index is 845. The molecule has 23 heavy (non-hydrogen) atoms. The number of fused-ring (bicyclic) bond motifs is 1. The largest absolute Gasteiger partial charge is 0.454 e. The number of carbonyl (C=O) groups is 1. The molecule has 0 unspecified atom stereocenters. The van der Waals surface area contributed by atoms with Crippen LogP contribution in [0.5, 0.6) is 0 Å². The summed E-state index contributed by atoms with van der Waals surface area (Å²) in [5, 5.41) is 6.46. The van der Waals surface area contributed by atoms with Crippen molar-refractivity contribution < 1.29 is 9.21 Å². The number of hydrogen-bond acceptors (Lipinski definition) is 4. The molecule has 1 amide bonds. The third kappa shape index (κ3) is 3.05. The molecule has 4 rings (SSSR count). The van der Waals surface area contributed by atoms with Gasteiger partial charge in [0.05, 0.1) is 0 Å². The lowest BCUT2D eigenvalue weighted by molar-refractivity contribution is -0.116. The van der Waals surface area contributed by atoms with E-state index in [4.69, 9.17) is 4.42 Å². The zero-order valence-electron chi connectivity index (χ0n) is 12.5. The number of furan rings is 1. The van der Waals surface area contributed by atoms with Crippen LogP contribution in [0.4, 0.5) is 5.13 Å². The number of aromatic nitrogens is 1. The predicted molar refractivity (Wildman–Crippen MR) is 92.4 cm³/mol. The lowest BCUT2D eigenvalue weighted by Gasteiger charge is -2.06. The van der Waals surface area contributed by atoms with Crippen molar-refractivity contribution in [3.05, 3.63) is 47.9 Å². The van der Waals surface area contributed by atoms with Crippen LogP contribution >= 0.6 is 11.3 Å². The molecule has 0 fully saturated rings. The second-order valence-electron chi connectivity index (χ2n) is 5.70. The highest BCUT2D eigenvalue weighted by Gasteiger charge is 2.16. The van der Waals surface area contributed by atoms with Gasteiger partial charge in [0.1, 0.15) is 11.3 Å². The lowest BCUT2D eigenvalue weighted by atomic mass is 10.1. The summed E-state index contributed by atoms with van der Waals surface area (Å²) in [6.45, 7) is 0. The van der Waals surface area contributed by atoms with Crippen LogP contribution in [-0.2, 0) is 4.79 Å². The number of benzene rings is 1. The molecule has 1 aliphatic carbocycles. The molecule has 5 heteroatoms. The molecule has 116 valence electrons. The molecule has 0 saturated heterocycles. The second kappa shape index (κ2) is 6.01. The number of carbonyl (C=O) groups excluding carboxylic acids is 1. The van der Waals surface area contributed by atoms with Crippen LogP contribution in [-0.4, -0.2) is 10.9 Å². The quantitative estimate of drug-likeness (QED) is 0.698. The summed E-state index contributed by atoms with van der Waals surface area (Å²) in [5.74, 6) is 1.11. The average molecular weight is 324 g/mol. The van der Waals surface area contributed by atoms with Crippen LogP contribution in [0, 0.1) is 5.92 Å². The molecule has 1 aliphatic rings. The van der Waals surface area contributed by atoms with Crippen molar-refractivity contribution in [2.75, 3.05) is 5.32 Å². The third-order valence-corrected chi connectivity index (χ3v) is 4.75. The predicted octanol–water partition coefficient (Wildman–Crippen LogP) is 4.85. The van der Waals surface area contributed by atoms with Crippen LogP contribution in [0.3, 0.4) is 0 Å². The van der Waals surface area contributed by atoms with E-state index in [1.54, 1.807) is 0 Å². The highest BCUT2D eigenvalue weighted by Crippen LogP contribution is 2.30. The molecule has 4 nitrogen and oxygen atoms in total. The molecule has 3 aromatic rings. The Hall–Kier alpha value is -2.40. The van der Waals surface area contributed by atoms with Crippen LogP contribution in [0.15, 0.2) is 52.3 Å². The Morgan fingerprint density at radius 2 is 2.30 bits per heavy atom. The number of allylic oxidation sites excluding steroid dienone is 2. The van der Waals surface area contributed by atoms with Gasteiger partial charge in [0.25, 0.3) is 0 Å². The van der Waals surface area contributed by atoms with Crippen LogP contribution in [0.2, 0.25) is 0 Å². The highest BCUT2D eigenvalue weighted by molar-refractivity contribution is 7.14. The summed E-state index contributed by atoms with van der Waals surface area (Å²) in [6, 6.07) is 9.83. The third-order valence-electron chi connectivity index (χ3n) is 3.99.